The molecule has 0 aliphatic carbocycles. The second-order valence-electron chi connectivity index (χ2n) is 6.25. The highest BCUT2D eigenvalue weighted by Gasteiger charge is 2.36. The Labute approximate surface area is 130 Å². The number of fused-ring (bicyclic) bond motifs is 5. The fraction of sp³-hybridized carbons (Fsp3) is 0.263. The Bertz CT molecular complexity index is 836. The molecule has 0 fully saturated rings. The van der Waals surface area contributed by atoms with Gasteiger partial charge in [-0.15, -0.1) is 0 Å². The van der Waals surface area contributed by atoms with Crippen LogP contribution >= 0.6 is 0 Å². The quantitative estimate of drug-likeness (QED) is 0.676. The lowest BCUT2D eigenvalue weighted by atomic mass is 9.80. The molecule has 3 aromatic rings. The third-order valence-corrected chi connectivity index (χ3v) is 4.70. The van der Waals surface area contributed by atoms with Gasteiger partial charge in [0, 0.05) is 34.3 Å². The Morgan fingerprint density at radius 1 is 1.05 bits per heavy atom. The molecule has 0 saturated heterocycles. The molecule has 2 heterocycles. The van der Waals surface area contributed by atoms with E-state index in [0.717, 1.165) is 18.5 Å². The number of nitrogens with one attached hydrogen (secondary N) is 2. The van der Waals surface area contributed by atoms with Gasteiger partial charge < -0.3 is 15.4 Å². The lowest BCUT2D eigenvalue weighted by Gasteiger charge is -2.37. The Hall–Kier alpha value is -2.26. The molecule has 3 heteroatoms. The van der Waals surface area contributed by atoms with Crippen molar-refractivity contribution >= 4 is 16.6 Å². The Morgan fingerprint density at radius 2 is 1.82 bits per heavy atom. The molecule has 1 aliphatic rings. The van der Waals surface area contributed by atoms with Crippen LogP contribution in [0, 0.1) is 0 Å². The van der Waals surface area contributed by atoms with Gasteiger partial charge >= 0.3 is 0 Å². The van der Waals surface area contributed by atoms with Gasteiger partial charge in [0.1, 0.15) is 0 Å². The number of rotatable bonds is 3. The molecular weight excluding hydrogens is 272 g/mol. The van der Waals surface area contributed by atoms with Gasteiger partial charge in [0.15, 0.2) is 0 Å². The molecule has 112 valence electrons. The van der Waals surface area contributed by atoms with Crippen LogP contribution in [0.5, 0.6) is 0 Å². The minimum absolute atomic E-state index is 0.175. The third-order valence-electron chi connectivity index (χ3n) is 4.70. The average Bonchev–Trinajstić information content (AvgIpc) is 2.94. The normalized spacial score (nSPS) is 19.5. The lowest BCUT2D eigenvalue weighted by molar-refractivity contribution is 0.270. The minimum Gasteiger partial charge on any atom is -0.396 e. The summed E-state index contributed by atoms with van der Waals surface area (Å²) in [6.07, 6.45) is 1.68. The second kappa shape index (κ2) is 4.89. The molecule has 2 aromatic carbocycles. The molecule has 0 spiro atoms. The zero-order valence-corrected chi connectivity index (χ0v) is 12.7. The van der Waals surface area contributed by atoms with E-state index in [1.54, 1.807) is 0 Å². The maximum Gasteiger partial charge on any atom is 0.0625 e. The first-order valence-corrected chi connectivity index (χ1v) is 7.82. The van der Waals surface area contributed by atoms with E-state index in [1.807, 2.05) is 0 Å². The molecule has 0 bridgehead atoms. The number of aliphatic hydroxyl groups excluding tert-OH is 1. The van der Waals surface area contributed by atoms with Crippen molar-refractivity contribution in [3.05, 3.63) is 54.1 Å². The molecule has 0 saturated carbocycles. The fourth-order valence-electron chi connectivity index (χ4n) is 3.71. The summed E-state index contributed by atoms with van der Waals surface area (Å²) in [5.41, 5.74) is 5.89. The van der Waals surface area contributed by atoms with Gasteiger partial charge in [0.25, 0.3) is 0 Å². The van der Waals surface area contributed by atoms with Crippen molar-refractivity contribution in [2.45, 2.75) is 25.3 Å². The number of benzene rings is 2. The Balaban J connectivity index is 2.01. The van der Waals surface area contributed by atoms with Gasteiger partial charge in [-0.05, 0) is 31.9 Å². The van der Waals surface area contributed by atoms with E-state index in [0.29, 0.717) is 0 Å². The predicted octanol–water partition coefficient (Wildman–Crippen LogP) is 4.25. The highest BCUT2D eigenvalue weighted by Crippen LogP contribution is 2.47. The predicted molar refractivity (Wildman–Crippen MR) is 91.0 cm³/mol. The first kappa shape index (κ1) is 13.4. The summed E-state index contributed by atoms with van der Waals surface area (Å²) in [6.45, 7) is 2.45. The van der Waals surface area contributed by atoms with Gasteiger partial charge in [-0.2, -0.15) is 0 Å². The van der Waals surface area contributed by atoms with E-state index < -0.39 is 0 Å². The summed E-state index contributed by atoms with van der Waals surface area (Å²) in [7, 11) is 0. The van der Waals surface area contributed by atoms with Crippen molar-refractivity contribution in [1.82, 2.24) is 4.98 Å². The van der Waals surface area contributed by atoms with Gasteiger partial charge in [-0.25, -0.2) is 0 Å². The molecular formula is C19H20N2O. The van der Waals surface area contributed by atoms with Crippen LogP contribution in [-0.4, -0.2) is 16.7 Å². The number of aromatic amines is 1. The maximum absolute atomic E-state index is 9.28. The highest BCUT2D eigenvalue weighted by molar-refractivity contribution is 5.97. The smallest absolute Gasteiger partial charge is 0.0625 e. The summed E-state index contributed by atoms with van der Waals surface area (Å²) in [5, 5.41) is 14.3. The molecule has 1 unspecified atom stereocenters. The van der Waals surface area contributed by atoms with Crippen LogP contribution in [0.15, 0.2) is 48.5 Å². The first-order chi connectivity index (χ1) is 10.7. The maximum atomic E-state index is 9.28. The van der Waals surface area contributed by atoms with Crippen LogP contribution in [0.1, 0.15) is 25.3 Å². The summed E-state index contributed by atoms with van der Waals surface area (Å²) in [4.78, 5) is 3.60. The third kappa shape index (κ3) is 1.86. The largest absolute Gasteiger partial charge is 0.396 e. The van der Waals surface area contributed by atoms with E-state index in [2.05, 4.69) is 65.8 Å². The van der Waals surface area contributed by atoms with Crippen molar-refractivity contribution in [2.75, 3.05) is 11.9 Å². The molecule has 22 heavy (non-hydrogen) atoms. The van der Waals surface area contributed by atoms with E-state index in [-0.39, 0.29) is 12.1 Å². The monoisotopic (exact) mass is 292 g/mol. The van der Waals surface area contributed by atoms with Crippen molar-refractivity contribution in [2.24, 2.45) is 0 Å². The number of anilines is 1. The van der Waals surface area contributed by atoms with Crippen molar-refractivity contribution in [3.63, 3.8) is 0 Å². The number of aliphatic hydroxyl groups is 1. The molecule has 0 amide bonds. The van der Waals surface area contributed by atoms with Crippen molar-refractivity contribution < 1.29 is 5.11 Å². The number of hydrogen-bond acceptors (Lipinski definition) is 2. The molecule has 3 nitrogen and oxygen atoms in total. The van der Waals surface area contributed by atoms with Crippen LogP contribution in [0.3, 0.4) is 0 Å². The summed E-state index contributed by atoms with van der Waals surface area (Å²) >= 11 is 0. The van der Waals surface area contributed by atoms with Crippen LogP contribution in [0.2, 0.25) is 0 Å². The second-order valence-corrected chi connectivity index (χ2v) is 6.25. The number of H-pyrrole nitrogens is 1. The topological polar surface area (TPSA) is 48.0 Å². The summed E-state index contributed by atoms with van der Waals surface area (Å²) < 4.78 is 0. The SMILES string of the molecule is CC1(CCCO)Nc2ccccc2-c2[nH]c3ccccc3c21. The van der Waals surface area contributed by atoms with E-state index in [9.17, 15) is 5.11 Å². The zero-order valence-electron chi connectivity index (χ0n) is 12.7. The minimum atomic E-state index is -0.175. The molecule has 1 aromatic heterocycles. The van der Waals surface area contributed by atoms with E-state index in [4.69, 9.17) is 0 Å². The van der Waals surface area contributed by atoms with Gasteiger partial charge in [0.2, 0.25) is 0 Å². The number of para-hydroxylation sites is 2. The van der Waals surface area contributed by atoms with Gasteiger partial charge in [-0.3, -0.25) is 0 Å². The number of aromatic nitrogens is 1. The summed E-state index contributed by atoms with van der Waals surface area (Å²) in [6, 6.07) is 16.9. The summed E-state index contributed by atoms with van der Waals surface area (Å²) in [5.74, 6) is 0. The molecule has 1 atom stereocenters. The molecule has 0 radical (unpaired) electrons. The zero-order chi connectivity index (χ0) is 15.2. The van der Waals surface area contributed by atoms with Crippen LogP contribution in [0.25, 0.3) is 22.2 Å². The Kier molecular flexibility index (Phi) is 2.98. The molecule has 3 N–H and O–H groups in total. The first-order valence-electron chi connectivity index (χ1n) is 7.82. The fourth-order valence-corrected chi connectivity index (χ4v) is 3.71. The van der Waals surface area contributed by atoms with Crippen LogP contribution < -0.4 is 5.32 Å². The highest BCUT2D eigenvalue weighted by atomic mass is 16.2. The van der Waals surface area contributed by atoms with E-state index >= 15 is 0 Å². The Morgan fingerprint density at radius 3 is 2.68 bits per heavy atom. The van der Waals surface area contributed by atoms with E-state index in [1.165, 1.54) is 27.7 Å². The van der Waals surface area contributed by atoms with Crippen LogP contribution in [-0.2, 0) is 5.54 Å². The van der Waals surface area contributed by atoms with Crippen molar-refractivity contribution in [3.8, 4) is 11.3 Å². The standard InChI is InChI=1S/C19H20N2O/c1-19(11-6-12-22)17-13-7-2-4-9-15(13)20-18(17)14-8-3-5-10-16(14)21-19/h2-5,7-10,20-22H,6,11-12H2,1H3. The average molecular weight is 292 g/mol. The van der Waals surface area contributed by atoms with Crippen molar-refractivity contribution in [1.29, 1.82) is 0 Å². The molecule has 1 aliphatic heterocycles. The van der Waals surface area contributed by atoms with Gasteiger partial charge in [0.05, 0.1) is 11.2 Å². The van der Waals surface area contributed by atoms with Gasteiger partial charge in [-0.1, -0.05) is 36.4 Å². The van der Waals surface area contributed by atoms with Crippen LogP contribution in [0.4, 0.5) is 5.69 Å². The number of hydrogen-bond donors (Lipinski definition) is 3. The lowest BCUT2D eigenvalue weighted by Crippen LogP contribution is -2.35. The molecule has 4 rings (SSSR count).